The average molecular weight is 331 g/mol. The summed E-state index contributed by atoms with van der Waals surface area (Å²) in [4.78, 5) is 28.4. The molecule has 1 aromatic rings. The Labute approximate surface area is 140 Å². The van der Waals surface area contributed by atoms with Crippen LogP contribution in [0.2, 0.25) is 0 Å². The van der Waals surface area contributed by atoms with Gasteiger partial charge in [0.25, 0.3) is 5.91 Å². The first-order valence-corrected chi connectivity index (χ1v) is 8.24. The Kier molecular flexibility index (Phi) is 4.66. The van der Waals surface area contributed by atoms with Crippen molar-refractivity contribution in [3.05, 3.63) is 47.3 Å². The molecular weight excluding hydrogens is 309 g/mol. The van der Waals surface area contributed by atoms with Crippen molar-refractivity contribution in [3.63, 3.8) is 0 Å². The summed E-state index contributed by atoms with van der Waals surface area (Å²) >= 11 is 0. The molecule has 0 radical (unpaired) electrons. The lowest BCUT2D eigenvalue weighted by molar-refractivity contribution is -0.135. The summed E-state index contributed by atoms with van der Waals surface area (Å²) in [6, 6.07) is 4.49. The first kappa shape index (κ1) is 16.6. The Hall–Kier alpha value is -2.21. The maximum atomic E-state index is 13.6. The summed E-state index contributed by atoms with van der Waals surface area (Å²) in [5.74, 6) is -0.635. The van der Waals surface area contributed by atoms with Crippen LogP contribution in [0.15, 0.2) is 30.4 Å². The molecule has 1 saturated heterocycles. The van der Waals surface area contributed by atoms with E-state index in [0.717, 1.165) is 0 Å². The molecule has 0 unspecified atom stereocenters. The monoisotopic (exact) mass is 331 g/mol. The molecule has 0 saturated carbocycles. The van der Waals surface area contributed by atoms with Gasteiger partial charge in [-0.1, -0.05) is 18.2 Å². The molecule has 0 spiro atoms. The van der Waals surface area contributed by atoms with E-state index in [1.54, 1.807) is 28.9 Å². The third-order valence-corrected chi connectivity index (χ3v) is 4.73. The van der Waals surface area contributed by atoms with Crippen molar-refractivity contribution in [2.45, 2.75) is 19.4 Å². The van der Waals surface area contributed by atoms with E-state index < -0.39 is 0 Å². The Morgan fingerprint density at radius 2 is 1.79 bits per heavy atom. The van der Waals surface area contributed by atoms with E-state index in [4.69, 9.17) is 5.73 Å². The minimum absolute atomic E-state index is 0.0433. The van der Waals surface area contributed by atoms with Crippen LogP contribution in [0.3, 0.4) is 0 Å². The van der Waals surface area contributed by atoms with Gasteiger partial charge in [-0.3, -0.25) is 9.59 Å². The Balaban J connectivity index is 1.58. The number of nitrogens with two attached hydrogens (primary N) is 1. The normalized spacial score (nSPS) is 23.6. The van der Waals surface area contributed by atoms with Crippen molar-refractivity contribution in [2.75, 3.05) is 26.2 Å². The fourth-order valence-corrected chi connectivity index (χ4v) is 3.18. The quantitative estimate of drug-likeness (QED) is 0.831. The topological polar surface area (TPSA) is 66.6 Å². The zero-order valence-corrected chi connectivity index (χ0v) is 13.7. The molecule has 5 nitrogen and oxygen atoms in total. The molecule has 6 heteroatoms. The number of rotatable bonds is 2. The summed E-state index contributed by atoms with van der Waals surface area (Å²) in [7, 11) is 0. The second-order valence-corrected chi connectivity index (χ2v) is 6.47. The first-order valence-electron chi connectivity index (χ1n) is 8.24. The second-order valence-electron chi connectivity index (χ2n) is 6.47. The van der Waals surface area contributed by atoms with Gasteiger partial charge in [0.1, 0.15) is 5.82 Å². The molecule has 2 aliphatic rings. The highest BCUT2D eigenvalue weighted by Crippen LogP contribution is 2.20. The number of benzene rings is 1. The summed E-state index contributed by atoms with van der Waals surface area (Å²) in [6.45, 7) is 3.58. The van der Waals surface area contributed by atoms with Crippen LogP contribution in [-0.4, -0.2) is 53.8 Å². The lowest BCUT2D eigenvalue weighted by atomic mass is 10.1. The van der Waals surface area contributed by atoms with E-state index in [0.29, 0.717) is 43.7 Å². The highest BCUT2D eigenvalue weighted by Gasteiger charge is 2.30. The van der Waals surface area contributed by atoms with E-state index >= 15 is 0 Å². The largest absolute Gasteiger partial charge is 0.339 e. The average Bonchev–Trinajstić information content (AvgIpc) is 3.02. The minimum Gasteiger partial charge on any atom is -0.339 e. The molecule has 0 bridgehead atoms. The maximum Gasteiger partial charge on any atom is 0.254 e. The van der Waals surface area contributed by atoms with Crippen molar-refractivity contribution in [3.8, 4) is 0 Å². The molecule has 3 rings (SSSR count). The third kappa shape index (κ3) is 3.33. The lowest BCUT2D eigenvalue weighted by Crippen LogP contribution is -2.51. The SMILES string of the molecule is Cc1ccc(C(=O)N2CCN(C(=O)[C@@H]3C=C[C@H](N)C3)CC2)cc1F. The fourth-order valence-electron chi connectivity index (χ4n) is 3.18. The Morgan fingerprint density at radius 3 is 2.38 bits per heavy atom. The number of carbonyl (C=O) groups excluding carboxylic acids is 2. The van der Waals surface area contributed by atoms with Gasteiger partial charge in [0.2, 0.25) is 5.91 Å². The molecule has 1 heterocycles. The number of piperazine rings is 1. The molecule has 2 amide bonds. The zero-order chi connectivity index (χ0) is 17.3. The summed E-state index contributed by atoms with van der Waals surface area (Å²) in [5, 5.41) is 0. The third-order valence-electron chi connectivity index (χ3n) is 4.73. The minimum atomic E-state index is -0.376. The van der Waals surface area contributed by atoms with Gasteiger partial charge in [-0.15, -0.1) is 0 Å². The second kappa shape index (κ2) is 6.73. The van der Waals surface area contributed by atoms with E-state index in [-0.39, 0.29) is 29.6 Å². The maximum absolute atomic E-state index is 13.6. The number of halogens is 1. The standard InChI is InChI=1S/C18H22FN3O2/c1-12-2-3-14(11-16(12)19)18(24)22-8-6-21(7-9-22)17(23)13-4-5-15(20)10-13/h2-5,11,13,15H,6-10,20H2,1H3/t13-,15+/m1/s1. The summed E-state index contributed by atoms with van der Waals surface area (Å²) in [6.07, 6.45) is 4.40. The molecule has 2 N–H and O–H groups in total. The van der Waals surface area contributed by atoms with Crippen LogP contribution < -0.4 is 5.73 Å². The molecule has 24 heavy (non-hydrogen) atoms. The van der Waals surface area contributed by atoms with Crippen LogP contribution in [0.1, 0.15) is 22.3 Å². The van der Waals surface area contributed by atoms with Gasteiger partial charge in [-0.2, -0.15) is 0 Å². The van der Waals surface area contributed by atoms with Gasteiger partial charge in [0.15, 0.2) is 0 Å². The number of carbonyl (C=O) groups is 2. The van der Waals surface area contributed by atoms with Gasteiger partial charge in [0, 0.05) is 37.8 Å². The fraction of sp³-hybridized carbons (Fsp3) is 0.444. The number of hydrogen-bond donors (Lipinski definition) is 1. The van der Waals surface area contributed by atoms with E-state index in [1.165, 1.54) is 6.07 Å². The van der Waals surface area contributed by atoms with Crippen LogP contribution in [0.4, 0.5) is 4.39 Å². The van der Waals surface area contributed by atoms with Crippen LogP contribution in [-0.2, 0) is 4.79 Å². The van der Waals surface area contributed by atoms with Gasteiger partial charge in [-0.25, -0.2) is 4.39 Å². The Morgan fingerprint density at radius 1 is 1.12 bits per heavy atom. The number of amides is 2. The number of aryl methyl sites for hydroxylation is 1. The lowest BCUT2D eigenvalue weighted by Gasteiger charge is -2.36. The molecule has 2 atom stereocenters. The van der Waals surface area contributed by atoms with E-state index in [2.05, 4.69) is 0 Å². The van der Waals surface area contributed by atoms with Crippen molar-refractivity contribution in [2.24, 2.45) is 11.7 Å². The highest BCUT2D eigenvalue weighted by molar-refractivity contribution is 5.94. The van der Waals surface area contributed by atoms with Crippen LogP contribution in [0.25, 0.3) is 0 Å². The number of hydrogen-bond acceptors (Lipinski definition) is 3. The molecule has 1 aliphatic carbocycles. The van der Waals surface area contributed by atoms with Crippen LogP contribution in [0.5, 0.6) is 0 Å². The van der Waals surface area contributed by atoms with Crippen molar-refractivity contribution in [1.82, 2.24) is 9.80 Å². The van der Waals surface area contributed by atoms with Crippen molar-refractivity contribution in [1.29, 1.82) is 0 Å². The smallest absolute Gasteiger partial charge is 0.254 e. The predicted molar refractivity (Wildman–Crippen MR) is 88.8 cm³/mol. The summed E-state index contributed by atoms with van der Waals surface area (Å²) < 4.78 is 13.6. The first-order chi connectivity index (χ1) is 11.5. The van der Waals surface area contributed by atoms with Gasteiger partial charge >= 0.3 is 0 Å². The van der Waals surface area contributed by atoms with Crippen LogP contribution in [0, 0.1) is 18.7 Å². The van der Waals surface area contributed by atoms with Crippen molar-refractivity contribution >= 4 is 11.8 Å². The molecule has 128 valence electrons. The van der Waals surface area contributed by atoms with E-state index in [1.807, 2.05) is 12.2 Å². The van der Waals surface area contributed by atoms with Gasteiger partial charge < -0.3 is 15.5 Å². The summed E-state index contributed by atoms with van der Waals surface area (Å²) in [5.41, 5.74) is 6.67. The van der Waals surface area contributed by atoms with E-state index in [9.17, 15) is 14.0 Å². The Bertz CT molecular complexity index is 681. The number of nitrogens with zero attached hydrogens (tertiary/aromatic N) is 2. The zero-order valence-electron chi connectivity index (χ0n) is 13.7. The molecule has 1 aliphatic heterocycles. The molecular formula is C18H22FN3O2. The molecule has 1 fully saturated rings. The van der Waals surface area contributed by atoms with Crippen molar-refractivity contribution < 1.29 is 14.0 Å². The molecule has 1 aromatic carbocycles. The van der Waals surface area contributed by atoms with Gasteiger partial charge in [0.05, 0.1) is 5.92 Å². The highest BCUT2D eigenvalue weighted by atomic mass is 19.1. The van der Waals surface area contributed by atoms with Gasteiger partial charge in [-0.05, 0) is 31.0 Å². The predicted octanol–water partition coefficient (Wildman–Crippen LogP) is 1.32. The molecule has 0 aromatic heterocycles. The van der Waals surface area contributed by atoms with Crippen LogP contribution >= 0.6 is 0 Å².